The summed E-state index contributed by atoms with van der Waals surface area (Å²) in [5.41, 5.74) is 2.53. The van der Waals surface area contributed by atoms with Crippen LogP contribution in [0.2, 0.25) is 0 Å². The van der Waals surface area contributed by atoms with Gasteiger partial charge in [0, 0.05) is 19.1 Å². The summed E-state index contributed by atoms with van der Waals surface area (Å²) in [5, 5.41) is 3.36. The highest BCUT2D eigenvalue weighted by Crippen LogP contribution is 2.30. The first-order valence-electron chi connectivity index (χ1n) is 8.49. The summed E-state index contributed by atoms with van der Waals surface area (Å²) in [6.07, 6.45) is 3.41. The fourth-order valence-corrected chi connectivity index (χ4v) is 3.58. The lowest BCUT2D eigenvalue weighted by Crippen LogP contribution is -2.42. The SMILES string of the molecule is CCCN(C(=O)CC1OCCc2ccccc21)C1CCNC1. The van der Waals surface area contributed by atoms with E-state index in [0.717, 1.165) is 38.9 Å². The van der Waals surface area contributed by atoms with E-state index in [4.69, 9.17) is 4.74 Å². The Hall–Kier alpha value is -1.39. The number of ether oxygens (including phenoxy) is 1. The standard InChI is InChI=1S/C18H26N2O2/c1-2-10-20(15-7-9-19-13-15)18(21)12-17-16-6-4-3-5-14(16)8-11-22-17/h3-6,15,17,19H,2,7-13H2,1H3. The average Bonchev–Trinajstić information content (AvgIpc) is 3.07. The zero-order valence-corrected chi connectivity index (χ0v) is 13.4. The molecule has 0 aliphatic carbocycles. The highest BCUT2D eigenvalue weighted by Gasteiger charge is 2.29. The normalized spacial score (nSPS) is 24.0. The van der Waals surface area contributed by atoms with E-state index in [9.17, 15) is 4.79 Å². The van der Waals surface area contributed by atoms with Gasteiger partial charge in [-0.25, -0.2) is 0 Å². The molecule has 120 valence electrons. The predicted octanol–water partition coefficient (Wildman–Crippen LogP) is 2.29. The summed E-state index contributed by atoms with van der Waals surface area (Å²) >= 11 is 0. The van der Waals surface area contributed by atoms with Crippen LogP contribution in [-0.4, -0.2) is 43.1 Å². The Balaban J connectivity index is 1.70. The van der Waals surface area contributed by atoms with E-state index in [1.807, 2.05) is 6.07 Å². The van der Waals surface area contributed by atoms with Gasteiger partial charge in [0.2, 0.25) is 5.91 Å². The summed E-state index contributed by atoms with van der Waals surface area (Å²) in [4.78, 5) is 14.9. The Bertz CT molecular complexity index is 512. The van der Waals surface area contributed by atoms with Gasteiger partial charge in [0.05, 0.1) is 19.1 Å². The second kappa shape index (κ2) is 7.25. The van der Waals surface area contributed by atoms with Crippen molar-refractivity contribution in [3.8, 4) is 0 Å². The van der Waals surface area contributed by atoms with Crippen molar-refractivity contribution in [1.82, 2.24) is 10.2 Å². The molecule has 4 heteroatoms. The molecule has 4 nitrogen and oxygen atoms in total. The second-order valence-corrected chi connectivity index (χ2v) is 6.25. The zero-order valence-electron chi connectivity index (χ0n) is 13.4. The Morgan fingerprint density at radius 2 is 2.27 bits per heavy atom. The number of nitrogens with zero attached hydrogens (tertiary/aromatic N) is 1. The van der Waals surface area contributed by atoms with Gasteiger partial charge in [-0.3, -0.25) is 4.79 Å². The van der Waals surface area contributed by atoms with Crippen molar-refractivity contribution in [2.75, 3.05) is 26.2 Å². The van der Waals surface area contributed by atoms with Gasteiger partial charge in [-0.1, -0.05) is 31.2 Å². The van der Waals surface area contributed by atoms with E-state index in [-0.39, 0.29) is 12.0 Å². The largest absolute Gasteiger partial charge is 0.373 e. The number of carbonyl (C=O) groups is 1. The maximum atomic E-state index is 12.8. The fourth-order valence-electron chi connectivity index (χ4n) is 3.58. The molecule has 0 aromatic heterocycles. The van der Waals surface area contributed by atoms with Crippen LogP contribution in [0.1, 0.15) is 43.4 Å². The van der Waals surface area contributed by atoms with E-state index >= 15 is 0 Å². The smallest absolute Gasteiger partial charge is 0.225 e. The Morgan fingerprint density at radius 1 is 1.41 bits per heavy atom. The van der Waals surface area contributed by atoms with Gasteiger partial charge in [-0.2, -0.15) is 0 Å². The lowest BCUT2D eigenvalue weighted by atomic mass is 9.95. The van der Waals surface area contributed by atoms with Crippen molar-refractivity contribution in [1.29, 1.82) is 0 Å². The Morgan fingerprint density at radius 3 is 3.05 bits per heavy atom. The molecule has 2 heterocycles. The van der Waals surface area contributed by atoms with Crippen molar-refractivity contribution in [3.05, 3.63) is 35.4 Å². The van der Waals surface area contributed by atoms with E-state index in [0.29, 0.717) is 19.1 Å². The Labute approximate surface area is 132 Å². The van der Waals surface area contributed by atoms with Crippen LogP contribution in [0.15, 0.2) is 24.3 Å². The monoisotopic (exact) mass is 302 g/mol. The molecule has 1 aromatic rings. The van der Waals surface area contributed by atoms with Gasteiger partial charge in [0.15, 0.2) is 0 Å². The third kappa shape index (κ3) is 3.33. The van der Waals surface area contributed by atoms with Gasteiger partial charge >= 0.3 is 0 Å². The number of amides is 1. The molecule has 2 aliphatic heterocycles. The van der Waals surface area contributed by atoms with Crippen molar-refractivity contribution in [2.45, 2.75) is 44.8 Å². The molecule has 2 unspecified atom stereocenters. The topological polar surface area (TPSA) is 41.6 Å². The number of rotatable bonds is 5. The molecule has 1 fully saturated rings. The van der Waals surface area contributed by atoms with Crippen LogP contribution in [0.4, 0.5) is 0 Å². The van der Waals surface area contributed by atoms with E-state index in [2.05, 4.69) is 35.3 Å². The first-order chi connectivity index (χ1) is 10.8. The maximum absolute atomic E-state index is 12.8. The van der Waals surface area contributed by atoms with Gasteiger partial charge in [0.1, 0.15) is 0 Å². The van der Waals surface area contributed by atoms with Gasteiger partial charge in [-0.05, 0) is 36.9 Å². The molecule has 1 amide bonds. The van der Waals surface area contributed by atoms with Crippen LogP contribution >= 0.6 is 0 Å². The molecule has 0 radical (unpaired) electrons. The molecule has 3 rings (SSSR count). The van der Waals surface area contributed by atoms with Crippen molar-refractivity contribution in [2.24, 2.45) is 0 Å². The minimum absolute atomic E-state index is 0.0776. The number of fused-ring (bicyclic) bond motifs is 1. The van der Waals surface area contributed by atoms with Crippen LogP contribution in [0.25, 0.3) is 0 Å². The maximum Gasteiger partial charge on any atom is 0.225 e. The highest BCUT2D eigenvalue weighted by atomic mass is 16.5. The molecule has 0 saturated carbocycles. The number of hydrogen-bond donors (Lipinski definition) is 1. The Kier molecular flexibility index (Phi) is 5.11. The third-order valence-corrected chi connectivity index (χ3v) is 4.71. The summed E-state index contributed by atoms with van der Waals surface area (Å²) < 4.78 is 5.90. The van der Waals surface area contributed by atoms with Crippen molar-refractivity contribution >= 4 is 5.91 Å². The van der Waals surface area contributed by atoms with Crippen LogP contribution in [0.5, 0.6) is 0 Å². The quantitative estimate of drug-likeness (QED) is 0.907. The summed E-state index contributed by atoms with van der Waals surface area (Å²) in [7, 11) is 0. The molecular formula is C18H26N2O2. The first kappa shape index (κ1) is 15.5. The lowest BCUT2D eigenvalue weighted by molar-refractivity contribution is -0.136. The predicted molar refractivity (Wildman–Crippen MR) is 86.7 cm³/mol. The summed E-state index contributed by atoms with van der Waals surface area (Å²) in [6.45, 7) is 5.64. The van der Waals surface area contributed by atoms with Crippen LogP contribution in [0, 0.1) is 0 Å². The molecule has 1 saturated heterocycles. The van der Waals surface area contributed by atoms with Crippen LogP contribution < -0.4 is 5.32 Å². The zero-order chi connectivity index (χ0) is 15.4. The molecule has 22 heavy (non-hydrogen) atoms. The van der Waals surface area contributed by atoms with Gasteiger partial charge in [-0.15, -0.1) is 0 Å². The number of carbonyl (C=O) groups excluding carboxylic acids is 1. The molecule has 2 atom stereocenters. The molecular weight excluding hydrogens is 276 g/mol. The molecule has 1 N–H and O–H groups in total. The minimum Gasteiger partial charge on any atom is -0.373 e. The van der Waals surface area contributed by atoms with Crippen LogP contribution in [-0.2, 0) is 16.0 Å². The van der Waals surface area contributed by atoms with Crippen molar-refractivity contribution in [3.63, 3.8) is 0 Å². The van der Waals surface area contributed by atoms with E-state index in [1.165, 1.54) is 11.1 Å². The first-order valence-corrected chi connectivity index (χ1v) is 8.49. The number of benzene rings is 1. The lowest BCUT2D eigenvalue weighted by Gasteiger charge is -2.31. The fraction of sp³-hybridized carbons (Fsp3) is 0.611. The molecule has 2 aliphatic rings. The van der Waals surface area contributed by atoms with Crippen molar-refractivity contribution < 1.29 is 9.53 Å². The minimum atomic E-state index is -0.0776. The molecule has 0 spiro atoms. The molecule has 1 aromatic carbocycles. The van der Waals surface area contributed by atoms with Crippen LogP contribution in [0.3, 0.4) is 0 Å². The summed E-state index contributed by atoms with van der Waals surface area (Å²) in [5.74, 6) is 0.234. The number of nitrogens with one attached hydrogen (secondary N) is 1. The van der Waals surface area contributed by atoms with E-state index in [1.54, 1.807) is 0 Å². The number of hydrogen-bond acceptors (Lipinski definition) is 3. The third-order valence-electron chi connectivity index (χ3n) is 4.71. The van der Waals surface area contributed by atoms with E-state index < -0.39 is 0 Å². The highest BCUT2D eigenvalue weighted by molar-refractivity contribution is 5.77. The average molecular weight is 302 g/mol. The summed E-state index contributed by atoms with van der Waals surface area (Å²) in [6, 6.07) is 8.71. The van der Waals surface area contributed by atoms with Gasteiger partial charge < -0.3 is 15.0 Å². The van der Waals surface area contributed by atoms with Gasteiger partial charge in [0.25, 0.3) is 0 Å². The molecule has 0 bridgehead atoms. The second-order valence-electron chi connectivity index (χ2n) is 6.25.